The molecule has 0 fully saturated rings. The van der Waals surface area contributed by atoms with Crippen LogP contribution in [0.3, 0.4) is 0 Å². The van der Waals surface area contributed by atoms with Crippen LogP contribution in [0.5, 0.6) is 0 Å². The Balaban J connectivity index is 1.92. The third-order valence-electron chi connectivity index (χ3n) is 3.21. The van der Waals surface area contributed by atoms with E-state index in [1.807, 2.05) is 13.0 Å². The largest absolute Gasteiger partial charge is 0.323 e. The standard InChI is InChI=1S/C16H14Cl2N4S/c1-3-14-20-9(2)15(23-14)13-6-7-19-16(22-13)21-12-5-4-10(17)8-11(12)18/h4-8H,3H2,1-2H3,(H,19,21,22). The lowest BCUT2D eigenvalue weighted by atomic mass is 10.3. The monoisotopic (exact) mass is 364 g/mol. The van der Waals surface area contributed by atoms with Crippen molar-refractivity contribution in [2.75, 3.05) is 5.32 Å². The van der Waals surface area contributed by atoms with Crippen molar-refractivity contribution in [3.8, 4) is 10.6 Å². The third kappa shape index (κ3) is 3.63. The van der Waals surface area contributed by atoms with Crippen LogP contribution < -0.4 is 5.32 Å². The van der Waals surface area contributed by atoms with E-state index in [9.17, 15) is 0 Å². The molecular weight excluding hydrogens is 351 g/mol. The number of hydrogen-bond donors (Lipinski definition) is 1. The van der Waals surface area contributed by atoms with Crippen LogP contribution in [-0.4, -0.2) is 15.0 Å². The van der Waals surface area contributed by atoms with Gasteiger partial charge in [0.2, 0.25) is 5.95 Å². The fourth-order valence-corrected chi connectivity index (χ4v) is 3.53. The Morgan fingerprint density at radius 3 is 2.70 bits per heavy atom. The first-order valence-corrected chi connectivity index (χ1v) is 8.66. The molecule has 118 valence electrons. The van der Waals surface area contributed by atoms with Crippen molar-refractivity contribution in [3.05, 3.63) is 51.2 Å². The molecule has 4 nitrogen and oxygen atoms in total. The molecule has 0 aliphatic heterocycles. The van der Waals surface area contributed by atoms with Crippen LogP contribution in [0.25, 0.3) is 10.6 Å². The summed E-state index contributed by atoms with van der Waals surface area (Å²) < 4.78 is 0. The molecule has 1 aromatic carbocycles. The molecule has 23 heavy (non-hydrogen) atoms. The minimum absolute atomic E-state index is 0.484. The molecule has 0 saturated carbocycles. The van der Waals surface area contributed by atoms with E-state index in [2.05, 4.69) is 27.2 Å². The molecule has 0 unspecified atom stereocenters. The number of halogens is 2. The van der Waals surface area contributed by atoms with E-state index in [1.165, 1.54) is 0 Å². The Hall–Kier alpha value is -1.69. The van der Waals surface area contributed by atoms with Crippen LogP contribution >= 0.6 is 34.5 Å². The van der Waals surface area contributed by atoms with Gasteiger partial charge in [-0.2, -0.15) is 0 Å². The summed E-state index contributed by atoms with van der Waals surface area (Å²) in [6, 6.07) is 7.12. The maximum atomic E-state index is 6.17. The second kappa shape index (κ2) is 6.83. The van der Waals surface area contributed by atoms with Gasteiger partial charge in [-0.3, -0.25) is 0 Å². The van der Waals surface area contributed by atoms with E-state index in [-0.39, 0.29) is 0 Å². The number of benzene rings is 1. The number of hydrogen-bond acceptors (Lipinski definition) is 5. The second-order valence-electron chi connectivity index (χ2n) is 4.89. The van der Waals surface area contributed by atoms with Gasteiger partial charge in [0.25, 0.3) is 0 Å². The minimum Gasteiger partial charge on any atom is -0.323 e. The number of thiazole rings is 1. The van der Waals surface area contributed by atoms with Gasteiger partial charge in [-0.05, 0) is 37.6 Å². The van der Waals surface area contributed by atoms with Crippen molar-refractivity contribution < 1.29 is 0 Å². The highest BCUT2D eigenvalue weighted by atomic mass is 35.5. The van der Waals surface area contributed by atoms with Crippen LogP contribution in [0.1, 0.15) is 17.6 Å². The Morgan fingerprint density at radius 1 is 1.17 bits per heavy atom. The van der Waals surface area contributed by atoms with Gasteiger partial charge in [-0.15, -0.1) is 11.3 Å². The Morgan fingerprint density at radius 2 is 2.00 bits per heavy atom. The molecule has 0 atom stereocenters. The molecule has 0 amide bonds. The van der Waals surface area contributed by atoms with Crippen molar-refractivity contribution >= 4 is 46.2 Å². The second-order valence-corrected chi connectivity index (χ2v) is 6.82. The summed E-state index contributed by atoms with van der Waals surface area (Å²) in [5.41, 5.74) is 2.55. The van der Waals surface area contributed by atoms with E-state index < -0.39 is 0 Å². The highest BCUT2D eigenvalue weighted by molar-refractivity contribution is 7.15. The minimum atomic E-state index is 0.484. The van der Waals surface area contributed by atoms with Gasteiger partial charge in [0.1, 0.15) is 0 Å². The van der Waals surface area contributed by atoms with Crippen molar-refractivity contribution in [1.82, 2.24) is 15.0 Å². The topological polar surface area (TPSA) is 50.7 Å². The number of aryl methyl sites for hydroxylation is 2. The van der Waals surface area contributed by atoms with Crippen molar-refractivity contribution in [3.63, 3.8) is 0 Å². The molecule has 1 N–H and O–H groups in total. The molecule has 0 spiro atoms. The van der Waals surface area contributed by atoms with E-state index >= 15 is 0 Å². The summed E-state index contributed by atoms with van der Waals surface area (Å²) in [6.45, 7) is 4.09. The summed E-state index contributed by atoms with van der Waals surface area (Å²) in [6.07, 6.45) is 2.64. The quantitative estimate of drug-likeness (QED) is 0.661. The first-order chi connectivity index (χ1) is 11.1. The van der Waals surface area contributed by atoms with Crippen molar-refractivity contribution in [2.24, 2.45) is 0 Å². The Labute approximate surface area is 148 Å². The lowest BCUT2D eigenvalue weighted by Crippen LogP contribution is -1.98. The van der Waals surface area contributed by atoms with Gasteiger partial charge in [0.05, 0.1) is 32.0 Å². The van der Waals surface area contributed by atoms with E-state index in [1.54, 1.807) is 35.7 Å². The zero-order valence-corrected chi connectivity index (χ0v) is 14.9. The summed E-state index contributed by atoms with van der Waals surface area (Å²) >= 11 is 13.7. The first-order valence-electron chi connectivity index (χ1n) is 7.08. The average molecular weight is 365 g/mol. The van der Waals surface area contributed by atoms with Crippen LogP contribution in [0, 0.1) is 6.92 Å². The van der Waals surface area contributed by atoms with Gasteiger partial charge < -0.3 is 5.32 Å². The summed E-state index contributed by atoms with van der Waals surface area (Å²) in [4.78, 5) is 14.4. The molecule has 0 aliphatic rings. The van der Waals surface area contributed by atoms with Crippen LogP contribution in [0.15, 0.2) is 30.5 Å². The van der Waals surface area contributed by atoms with Gasteiger partial charge in [0.15, 0.2) is 0 Å². The van der Waals surface area contributed by atoms with Crippen LogP contribution in [0.4, 0.5) is 11.6 Å². The molecule has 0 saturated heterocycles. The maximum absolute atomic E-state index is 6.17. The average Bonchev–Trinajstić information content (AvgIpc) is 2.92. The highest BCUT2D eigenvalue weighted by Crippen LogP contribution is 2.31. The molecule has 0 radical (unpaired) electrons. The molecule has 3 aromatic rings. The molecule has 3 rings (SSSR count). The molecular formula is C16H14Cl2N4S. The normalized spacial score (nSPS) is 10.8. The number of nitrogens with one attached hydrogen (secondary N) is 1. The maximum Gasteiger partial charge on any atom is 0.227 e. The van der Waals surface area contributed by atoms with Crippen molar-refractivity contribution in [2.45, 2.75) is 20.3 Å². The highest BCUT2D eigenvalue weighted by Gasteiger charge is 2.11. The molecule has 2 heterocycles. The summed E-state index contributed by atoms with van der Waals surface area (Å²) in [5, 5.41) is 5.33. The van der Waals surface area contributed by atoms with E-state index in [4.69, 9.17) is 23.2 Å². The van der Waals surface area contributed by atoms with Crippen LogP contribution in [0.2, 0.25) is 10.0 Å². The smallest absolute Gasteiger partial charge is 0.227 e. The SMILES string of the molecule is CCc1nc(C)c(-c2ccnc(Nc3ccc(Cl)cc3Cl)n2)s1. The Bertz CT molecular complexity index is 848. The Kier molecular flexibility index (Phi) is 4.80. The number of aromatic nitrogens is 3. The molecule has 2 aromatic heterocycles. The molecule has 7 heteroatoms. The van der Waals surface area contributed by atoms with Crippen LogP contribution in [-0.2, 0) is 6.42 Å². The van der Waals surface area contributed by atoms with Gasteiger partial charge in [-0.1, -0.05) is 30.1 Å². The predicted octanol–water partition coefficient (Wildman–Crippen LogP) is 5.52. The van der Waals surface area contributed by atoms with Gasteiger partial charge in [-0.25, -0.2) is 15.0 Å². The zero-order valence-electron chi connectivity index (χ0n) is 12.6. The lowest BCUT2D eigenvalue weighted by Gasteiger charge is -2.08. The third-order valence-corrected chi connectivity index (χ3v) is 5.08. The fourth-order valence-electron chi connectivity index (χ4n) is 2.10. The van der Waals surface area contributed by atoms with Gasteiger partial charge >= 0.3 is 0 Å². The molecule has 0 aliphatic carbocycles. The predicted molar refractivity (Wildman–Crippen MR) is 97.0 cm³/mol. The zero-order chi connectivity index (χ0) is 16.4. The number of rotatable bonds is 4. The number of anilines is 2. The fraction of sp³-hybridized carbons (Fsp3) is 0.188. The van der Waals surface area contributed by atoms with Gasteiger partial charge in [0, 0.05) is 11.2 Å². The number of nitrogens with zero attached hydrogens (tertiary/aromatic N) is 3. The molecule has 0 bridgehead atoms. The first kappa shape index (κ1) is 16.2. The van der Waals surface area contributed by atoms with E-state index in [0.29, 0.717) is 21.7 Å². The van der Waals surface area contributed by atoms with E-state index in [0.717, 1.165) is 27.7 Å². The lowest BCUT2D eigenvalue weighted by molar-refractivity contribution is 1.07. The summed E-state index contributed by atoms with van der Waals surface area (Å²) in [5.74, 6) is 0.484. The summed E-state index contributed by atoms with van der Waals surface area (Å²) in [7, 11) is 0. The van der Waals surface area contributed by atoms with Crippen molar-refractivity contribution in [1.29, 1.82) is 0 Å².